The van der Waals surface area contributed by atoms with Gasteiger partial charge in [-0.15, -0.1) is 11.8 Å². The first-order chi connectivity index (χ1) is 10.2. The molecule has 1 aromatic heterocycles. The van der Waals surface area contributed by atoms with E-state index >= 15 is 0 Å². The number of halogens is 1. The molecule has 0 aromatic carbocycles. The average molecular weight is 371 g/mol. The Hall–Kier alpha value is -0.0600. The third kappa shape index (κ3) is 5.57. The Labute approximate surface area is 142 Å². The van der Waals surface area contributed by atoms with Gasteiger partial charge in [0.2, 0.25) is 0 Å². The zero-order valence-electron chi connectivity index (χ0n) is 13.1. The molecule has 4 heteroatoms. The minimum atomic E-state index is 0.647. The Morgan fingerprint density at radius 2 is 2.14 bits per heavy atom. The SMILES string of the molecule is CCCNC1CCC(CCC)CC1Sc1ccc(Br)cn1. The van der Waals surface area contributed by atoms with Crippen LogP contribution >= 0.6 is 27.7 Å². The molecule has 0 saturated heterocycles. The van der Waals surface area contributed by atoms with Crippen molar-refractivity contribution in [3.63, 3.8) is 0 Å². The number of aromatic nitrogens is 1. The van der Waals surface area contributed by atoms with Crippen molar-refractivity contribution in [3.8, 4) is 0 Å². The van der Waals surface area contributed by atoms with Crippen molar-refractivity contribution in [2.75, 3.05) is 6.54 Å². The largest absolute Gasteiger partial charge is 0.313 e. The molecule has 0 aliphatic heterocycles. The third-order valence-electron chi connectivity index (χ3n) is 4.23. The first-order valence-corrected chi connectivity index (χ1v) is 9.91. The maximum atomic E-state index is 4.55. The van der Waals surface area contributed by atoms with Gasteiger partial charge in [0.25, 0.3) is 0 Å². The van der Waals surface area contributed by atoms with E-state index in [0.29, 0.717) is 11.3 Å². The molecule has 118 valence electrons. The molecule has 1 aromatic rings. The smallest absolute Gasteiger partial charge is 0.0963 e. The zero-order valence-corrected chi connectivity index (χ0v) is 15.5. The van der Waals surface area contributed by atoms with Crippen molar-refractivity contribution in [1.82, 2.24) is 10.3 Å². The molecular weight excluding hydrogens is 344 g/mol. The number of nitrogens with one attached hydrogen (secondary N) is 1. The van der Waals surface area contributed by atoms with Gasteiger partial charge in [0.1, 0.15) is 0 Å². The molecule has 0 radical (unpaired) electrons. The molecule has 2 rings (SSSR count). The molecule has 1 heterocycles. The topological polar surface area (TPSA) is 24.9 Å². The van der Waals surface area contributed by atoms with E-state index in [2.05, 4.69) is 52.2 Å². The number of thioether (sulfide) groups is 1. The van der Waals surface area contributed by atoms with E-state index in [1.807, 2.05) is 18.0 Å². The van der Waals surface area contributed by atoms with E-state index in [9.17, 15) is 0 Å². The van der Waals surface area contributed by atoms with Gasteiger partial charge < -0.3 is 5.32 Å². The van der Waals surface area contributed by atoms with Crippen molar-refractivity contribution < 1.29 is 0 Å². The summed E-state index contributed by atoms with van der Waals surface area (Å²) in [5, 5.41) is 5.58. The Balaban J connectivity index is 1.99. The second-order valence-corrected chi connectivity index (χ2v) is 8.17. The summed E-state index contributed by atoms with van der Waals surface area (Å²) in [5.41, 5.74) is 0. The van der Waals surface area contributed by atoms with Crippen LogP contribution in [-0.4, -0.2) is 22.8 Å². The van der Waals surface area contributed by atoms with E-state index in [1.54, 1.807) is 0 Å². The van der Waals surface area contributed by atoms with Crippen LogP contribution in [0.4, 0.5) is 0 Å². The molecule has 2 nitrogen and oxygen atoms in total. The summed E-state index contributed by atoms with van der Waals surface area (Å²) < 4.78 is 1.06. The van der Waals surface area contributed by atoms with Gasteiger partial charge in [0.05, 0.1) is 5.03 Å². The Kier molecular flexibility index (Phi) is 7.55. The number of pyridine rings is 1. The fourth-order valence-corrected chi connectivity index (χ4v) is 4.73. The minimum Gasteiger partial charge on any atom is -0.313 e. The van der Waals surface area contributed by atoms with Gasteiger partial charge in [-0.2, -0.15) is 0 Å². The molecule has 3 atom stereocenters. The fraction of sp³-hybridized carbons (Fsp3) is 0.706. The maximum Gasteiger partial charge on any atom is 0.0963 e. The summed E-state index contributed by atoms with van der Waals surface area (Å²) in [7, 11) is 0. The molecular formula is C17H27BrN2S. The maximum absolute atomic E-state index is 4.55. The Bertz CT molecular complexity index is 410. The van der Waals surface area contributed by atoms with Gasteiger partial charge in [-0.3, -0.25) is 0 Å². The molecule has 0 bridgehead atoms. The average Bonchev–Trinajstić information content (AvgIpc) is 2.49. The van der Waals surface area contributed by atoms with Crippen molar-refractivity contribution in [2.45, 2.75) is 68.7 Å². The van der Waals surface area contributed by atoms with Crippen LogP contribution in [0.15, 0.2) is 27.8 Å². The third-order valence-corrected chi connectivity index (χ3v) is 6.00. The summed E-state index contributed by atoms with van der Waals surface area (Å²) in [6.45, 7) is 5.68. The molecule has 0 amide bonds. The van der Waals surface area contributed by atoms with Crippen LogP contribution in [0.1, 0.15) is 52.4 Å². The van der Waals surface area contributed by atoms with E-state index in [1.165, 1.54) is 38.5 Å². The molecule has 1 N–H and O–H groups in total. The number of hydrogen-bond acceptors (Lipinski definition) is 3. The first kappa shape index (κ1) is 17.3. The van der Waals surface area contributed by atoms with Crippen LogP contribution in [0.25, 0.3) is 0 Å². The quantitative estimate of drug-likeness (QED) is 0.706. The normalized spacial score (nSPS) is 26.0. The molecule has 3 unspecified atom stereocenters. The lowest BCUT2D eigenvalue weighted by atomic mass is 9.83. The standard InChI is InChI=1S/C17H27BrN2S/c1-3-5-13-6-8-15(19-10-4-2)16(11-13)21-17-9-7-14(18)12-20-17/h7,9,12-13,15-16,19H,3-6,8,10-11H2,1-2H3. The number of rotatable bonds is 7. The second-order valence-electron chi connectivity index (χ2n) is 6.00. The predicted molar refractivity (Wildman–Crippen MR) is 95.9 cm³/mol. The highest BCUT2D eigenvalue weighted by Crippen LogP contribution is 2.37. The summed E-state index contributed by atoms with van der Waals surface area (Å²) in [5.74, 6) is 0.905. The van der Waals surface area contributed by atoms with Gasteiger partial charge >= 0.3 is 0 Å². The lowest BCUT2D eigenvalue weighted by Gasteiger charge is -2.36. The summed E-state index contributed by atoms with van der Waals surface area (Å²) in [6, 6.07) is 4.87. The minimum absolute atomic E-state index is 0.647. The fourth-order valence-electron chi connectivity index (χ4n) is 3.16. The Morgan fingerprint density at radius 1 is 1.29 bits per heavy atom. The summed E-state index contributed by atoms with van der Waals surface area (Å²) >= 11 is 5.43. The molecule has 1 aliphatic carbocycles. The van der Waals surface area contributed by atoms with Crippen molar-refractivity contribution >= 4 is 27.7 Å². The van der Waals surface area contributed by atoms with Crippen molar-refractivity contribution in [2.24, 2.45) is 5.92 Å². The highest BCUT2D eigenvalue weighted by molar-refractivity contribution is 9.10. The zero-order chi connectivity index (χ0) is 15.1. The first-order valence-electron chi connectivity index (χ1n) is 8.24. The predicted octanol–water partition coefficient (Wildman–Crippen LogP) is 5.27. The van der Waals surface area contributed by atoms with Crippen LogP contribution in [0, 0.1) is 5.92 Å². The lowest BCUT2D eigenvalue weighted by molar-refractivity contribution is 0.287. The molecule has 1 saturated carbocycles. The monoisotopic (exact) mass is 370 g/mol. The number of hydrogen-bond donors (Lipinski definition) is 1. The van der Waals surface area contributed by atoms with Crippen molar-refractivity contribution in [1.29, 1.82) is 0 Å². The van der Waals surface area contributed by atoms with Crippen LogP contribution in [0.2, 0.25) is 0 Å². The second kappa shape index (κ2) is 9.16. The highest BCUT2D eigenvalue weighted by Gasteiger charge is 2.30. The van der Waals surface area contributed by atoms with Crippen LogP contribution < -0.4 is 5.32 Å². The van der Waals surface area contributed by atoms with Crippen molar-refractivity contribution in [3.05, 3.63) is 22.8 Å². The molecule has 0 spiro atoms. The van der Waals surface area contributed by atoms with Gasteiger partial charge in [-0.05, 0) is 66.2 Å². The van der Waals surface area contributed by atoms with Crippen LogP contribution in [0.5, 0.6) is 0 Å². The van der Waals surface area contributed by atoms with Crippen LogP contribution in [-0.2, 0) is 0 Å². The Morgan fingerprint density at radius 3 is 2.81 bits per heavy atom. The van der Waals surface area contributed by atoms with E-state index in [-0.39, 0.29) is 0 Å². The van der Waals surface area contributed by atoms with Gasteiger partial charge in [0, 0.05) is 22.0 Å². The van der Waals surface area contributed by atoms with Gasteiger partial charge in [-0.25, -0.2) is 4.98 Å². The van der Waals surface area contributed by atoms with Gasteiger partial charge in [0.15, 0.2) is 0 Å². The van der Waals surface area contributed by atoms with E-state index < -0.39 is 0 Å². The van der Waals surface area contributed by atoms with Crippen LogP contribution in [0.3, 0.4) is 0 Å². The molecule has 1 fully saturated rings. The highest BCUT2D eigenvalue weighted by atomic mass is 79.9. The lowest BCUT2D eigenvalue weighted by Crippen LogP contribution is -2.43. The van der Waals surface area contributed by atoms with Gasteiger partial charge in [-0.1, -0.05) is 26.7 Å². The number of nitrogens with zero attached hydrogens (tertiary/aromatic N) is 1. The molecule has 1 aliphatic rings. The summed E-state index contributed by atoms with van der Waals surface area (Å²) in [4.78, 5) is 4.55. The summed E-state index contributed by atoms with van der Waals surface area (Å²) in [6.07, 6.45) is 9.85. The van der Waals surface area contributed by atoms with E-state index in [4.69, 9.17) is 0 Å². The molecule has 21 heavy (non-hydrogen) atoms. The van der Waals surface area contributed by atoms with E-state index in [0.717, 1.165) is 22.0 Å².